The van der Waals surface area contributed by atoms with E-state index >= 15 is 0 Å². The Bertz CT molecular complexity index is 2110. The van der Waals surface area contributed by atoms with Crippen molar-refractivity contribution in [2.45, 2.75) is 0 Å². The van der Waals surface area contributed by atoms with Gasteiger partial charge in [-0.15, -0.1) is 11.3 Å². The molecule has 0 atom stereocenters. The zero-order chi connectivity index (χ0) is 25.8. The Kier molecular flexibility index (Phi) is 5.04. The number of nitrogens with zero attached hydrogens (tertiary/aromatic N) is 2. The molecule has 0 N–H and O–H groups in total. The van der Waals surface area contributed by atoms with Crippen LogP contribution in [0.2, 0.25) is 0 Å². The van der Waals surface area contributed by atoms with Gasteiger partial charge in [0, 0.05) is 27.3 Å². The van der Waals surface area contributed by atoms with E-state index < -0.39 is 0 Å². The fourth-order valence-electron chi connectivity index (χ4n) is 5.56. The van der Waals surface area contributed by atoms with E-state index in [1.54, 1.807) is 11.3 Å². The highest BCUT2D eigenvalue weighted by Crippen LogP contribution is 2.38. The average Bonchev–Trinajstić information content (AvgIpc) is 3.45. The first kappa shape index (κ1) is 22.2. The largest absolute Gasteiger partial charge is 0.247 e. The monoisotopic (exact) mass is 514 g/mol. The van der Waals surface area contributed by atoms with Crippen molar-refractivity contribution in [1.29, 1.82) is 0 Å². The fourth-order valence-corrected chi connectivity index (χ4v) is 6.53. The minimum absolute atomic E-state index is 1.02. The Labute approximate surface area is 229 Å². The summed E-state index contributed by atoms with van der Waals surface area (Å²) in [6, 6.07) is 47.3. The van der Waals surface area contributed by atoms with E-state index in [0.717, 1.165) is 32.9 Å². The SMILES string of the molecule is c1ccc2c(c1)ccc1c(-c3ccc(-c4ccc(-c5nc6ccccc6s5)cc4)cc3)nc3ccccc3c12. The molecule has 0 aliphatic carbocycles. The van der Waals surface area contributed by atoms with E-state index in [1.807, 2.05) is 6.07 Å². The summed E-state index contributed by atoms with van der Waals surface area (Å²) in [4.78, 5) is 9.95. The summed E-state index contributed by atoms with van der Waals surface area (Å²) in [5.74, 6) is 0. The lowest BCUT2D eigenvalue weighted by Gasteiger charge is -2.13. The maximum Gasteiger partial charge on any atom is 0.124 e. The molecule has 0 aliphatic heterocycles. The molecule has 0 aliphatic rings. The molecule has 2 nitrogen and oxygen atoms in total. The van der Waals surface area contributed by atoms with Crippen molar-refractivity contribution in [3.63, 3.8) is 0 Å². The van der Waals surface area contributed by atoms with Gasteiger partial charge in [0.1, 0.15) is 5.01 Å². The van der Waals surface area contributed by atoms with Gasteiger partial charge in [-0.25, -0.2) is 9.97 Å². The Balaban J connectivity index is 1.20. The number of hydrogen-bond donors (Lipinski definition) is 0. The molecule has 0 amide bonds. The smallest absolute Gasteiger partial charge is 0.124 e. The van der Waals surface area contributed by atoms with Gasteiger partial charge in [0.15, 0.2) is 0 Å². The Morgan fingerprint density at radius 1 is 0.410 bits per heavy atom. The summed E-state index contributed by atoms with van der Waals surface area (Å²) in [7, 11) is 0. The van der Waals surface area contributed by atoms with E-state index in [2.05, 4.69) is 127 Å². The van der Waals surface area contributed by atoms with Crippen LogP contribution in [0.3, 0.4) is 0 Å². The lowest BCUT2D eigenvalue weighted by molar-refractivity contribution is 1.43. The van der Waals surface area contributed by atoms with Crippen LogP contribution in [0.1, 0.15) is 0 Å². The van der Waals surface area contributed by atoms with Crippen molar-refractivity contribution in [1.82, 2.24) is 9.97 Å². The predicted molar refractivity (Wildman–Crippen MR) is 166 cm³/mol. The van der Waals surface area contributed by atoms with Gasteiger partial charge in [-0.05, 0) is 40.1 Å². The normalized spacial score (nSPS) is 11.6. The standard InChI is InChI=1S/C36H22N2S/c1-2-8-28-25(7-1)21-22-30-34(28)29-9-3-4-10-31(29)37-35(30)26-17-13-23(14-18-26)24-15-19-27(20-16-24)36-38-32-11-5-6-12-33(32)39-36/h1-22H. The fraction of sp³-hybridized carbons (Fsp3) is 0. The molecule has 0 saturated carbocycles. The molecule has 2 heterocycles. The van der Waals surface area contributed by atoms with E-state index in [9.17, 15) is 0 Å². The highest BCUT2D eigenvalue weighted by atomic mass is 32.1. The second-order valence-corrected chi connectivity index (χ2v) is 10.9. The van der Waals surface area contributed by atoms with Gasteiger partial charge in [0.2, 0.25) is 0 Å². The lowest BCUT2D eigenvalue weighted by atomic mass is 9.94. The van der Waals surface area contributed by atoms with Crippen molar-refractivity contribution in [2.24, 2.45) is 0 Å². The molecule has 0 spiro atoms. The van der Waals surface area contributed by atoms with Crippen molar-refractivity contribution < 1.29 is 0 Å². The Morgan fingerprint density at radius 3 is 1.79 bits per heavy atom. The molecule has 39 heavy (non-hydrogen) atoms. The van der Waals surface area contributed by atoms with Crippen LogP contribution < -0.4 is 0 Å². The van der Waals surface area contributed by atoms with Crippen molar-refractivity contribution in [3.8, 4) is 33.0 Å². The van der Waals surface area contributed by atoms with Crippen molar-refractivity contribution in [3.05, 3.63) is 133 Å². The van der Waals surface area contributed by atoms with Gasteiger partial charge >= 0.3 is 0 Å². The van der Waals surface area contributed by atoms with Gasteiger partial charge in [0.05, 0.1) is 21.4 Å². The van der Waals surface area contributed by atoms with Crippen LogP contribution in [-0.4, -0.2) is 9.97 Å². The van der Waals surface area contributed by atoms with Crippen molar-refractivity contribution >= 4 is 54.0 Å². The highest BCUT2D eigenvalue weighted by Gasteiger charge is 2.13. The molecule has 2 aromatic heterocycles. The molecular formula is C36H22N2S. The number of hydrogen-bond acceptors (Lipinski definition) is 3. The number of benzene rings is 6. The molecule has 6 aromatic carbocycles. The first-order chi connectivity index (χ1) is 19.3. The van der Waals surface area contributed by atoms with E-state index in [4.69, 9.17) is 9.97 Å². The zero-order valence-corrected chi connectivity index (χ0v) is 21.8. The molecule has 0 radical (unpaired) electrons. The van der Waals surface area contributed by atoms with Crippen LogP contribution >= 0.6 is 11.3 Å². The third-order valence-electron chi connectivity index (χ3n) is 7.51. The average molecular weight is 515 g/mol. The summed E-state index contributed by atoms with van der Waals surface area (Å²) in [6.45, 7) is 0. The summed E-state index contributed by atoms with van der Waals surface area (Å²) >= 11 is 1.74. The Hall–Kier alpha value is -4.86. The number of para-hydroxylation sites is 2. The minimum atomic E-state index is 1.02. The summed E-state index contributed by atoms with van der Waals surface area (Å²) in [5, 5.41) is 7.21. The molecule has 182 valence electrons. The van der Waals surface area contributed by atoms with Gasteiger partial charge in [0.25, 0.3) is 0 Å². The molecule has 0 fully saturated rings. The van der Waals surface area contributed by atoms with Crippen molar-refractivity contribution in [2.75, 3.05) is 0 Å². The second-order valence-electron chi connectivity index (χ2n) is 9.83. The predicted octanol–water partition coefficient (Wildman–Crippen LogP) is 10.2. The van der Waals surface area contributed by atoms with E-state index in [-0.39, 0.29) is 0 Å². The third kappa shape index (κ3) is 3.70. The summed E-state index contributed by atoms with van der Waals surface area (Å²) in [6.07, 6.45) is 0. The second kappa shape index (κ2) is 8.87. The molecule has 0 unspecified atom stereocenters. The van der Waals surface area contributed by atoms with Gasteiger partial charge < -0.3 is 0 Å². The molecule has 3 heteroatoms. The molecular weight excluding hydrogens is 492 g/mol. The quantitative estimate of drug-likeness (QED) is 0.219. The molecule has 8 rings (SSSR count). The summed E-state index contributed by atoms with van der Waals surface area (Å²) in [5.41, 5.74) is 7.74. The number of pyridine rings is 1. The lowest BCUT2D eigenvalue weighted by Crippen LogP contribution is -1.91. The van der Waals surface area contributed by atoms with E-state index in [0.29, 0.717) is 0 Å². The number of fused-ring (bicyclic) bond motifs is 6. The maximum absolute atomic E-state index is 5.14. The minimum Gasteiger partial charge on any atom is -0.247 e. The maximum atomic E-state index is 5.14. The Morgan fingerprint density at radius 2 is 1.03 bits per heavy atom. The van der Waals surface area contributed by atoms with Crippen LogP contribution in [0, 0.1) is 0 Å². The first-order valence-corrected chi connectivity index (χ1v) is 13.9. The van der Waals surface area contributed by atoms with Crippen LogP contribution in [0.25, 0.3) is 75.6 Å². The topological polar surface area (TPSA) is 25.8 Å². The van der Waals surface area contributed by atoms with E-state index in [1.165, 1.54) is 42.8 Å². The van der Waals surface area contributed by atoms with Gasteiger partial charge in [-0.2, -0.15) is 0 Å². The highest BCUT2D eigenvalue weighted by molar-refractivity contribution is 7.21. The molecule has 8 aromatic rings. The summed E-state index contributed by atoms with van der Waals surface area (Å²) < 4.78 is 1.22. The first-order valence-electron chi connectivity index (χ1n) is 13.1. The van der Waals surface area contributed by atoms with Gasteiger partial charge in [-0.1, -0.05) is 115 Å². The molecule has 0 bridgehead atoms. The third-order valence-corrected chi connectivity index (χ3v) is 8.59. The number of thiazole rings is 1. The van der Waals surface area contributed by atoms with Crippen LogP contribution in [0.15, 0.2) is 133 Å². The van der Waals surface area contributed by atoms with Gasteiger partial charge in [-0.3, -0.25) is 0 Å². The number of aromatic nitrogens is 2. The zero-order valence-electron chi connectivity index (χ0n) is 21.0. The van der Waals surface area contributed by atoms with Crippen LogP contribution in [-0.2, 0) is 0 Å². The molecule has 0 saturated heterocycles. The van der Waals surface area contributed by atoms with Crippen LogP contribution in [0.4, 0.5) is 0 Å². The van der Waals surface area contributed by atoms with Crippen LogP contribution in [0.5, 0.6) is 0 Å². The number of rotatable bonds is 3.